The summed E-state index contributed by atoms with van der Waals surface area (Å²) in [4.78, 5) is 0. The third kappa shape index (κ3) is 2.47. The minimum absolute atomic E-state index is 0.201. The van der Waals surface area contributed by atoms with E-state index >= 15 is 0 Å². The zero-order valence-corrected chi connectivity index (χ0v) is 11.7. The maximum Gasteiger partial charge on any atom is 0.221 e. The van der Waals surface area contributed by atoms with Gasteiger partial charge in [-0.3, -0.25) is 0 Å². The van der Waals surface area contributed by atoms with Gasteiger partial charge in [-0.2, -0.15) is 0 Å². The number of aliphatic hydroxyl groups excluding tert-OH is 1. The molecule has 5 nitrogen and oxygen atoms in total. The van der Waals surface area contributed by atoms with Crippen LogP contribution in [0.15, 0.2) is 30.3 Å². The van der Waals surface area contributed by atoms with Crippen LogP contribution in [0.3, 0.4) is 0 Å². The van der Waals surface area contributed by atoms with E-state index in [1.165, 1.54) is 0 Å². The van der Waals surface area contributed by atoms with Crippen LogP contribution in [0.4, 0.5) is 0 Å². The van der Waals surface area contributed by atoms with Crippen molar-refractivity contribution in [2.24, 2.45) is 0 Å². The smallest absolute Gasteiger partial charge is 0.221 e. The van der Waals surface area contributed by atoms with Crippen molar-refractivity contribution < 1.29 is 24.1 Å². The predicted octanol–water partition coefficient (Wildman–Crippen LogP) is 1.44. The SMILES string of the molecule is CC1(C)OC2[C@H](CO[C@@]2(CO)OCc2ccccc2)O1. The molecule has 0 bridgehead atoms. The summed E-state index contributed by atoms with van der Waals surface area (Å²) in [5.41, 5.74) is 1.02. The summed E-state index contributed by atoms with van der Waals surface area (Å²) in [5.74, 6) is -1.82. The Balaban J connectivity index is 1.72. The third-order valence-electron chi connectivity index (χ3n) is 3.66. The maximum atomic E-state index is 9.73. The highest BCUT2D eigenvalue weighted by Crippen LogP contribution is 2.41. The second kappa shape index (κ2) is 5.09. The number of hydrogen-bond donors (Lipinski definition) is 1. The van der Waals surface area contributed by atoms with Crippen LogP contribution in [0.25, 0.3) is 0 Å². The van der Waals surface area contributed by atoms with E-state index in [1.54, 1.807) is 0 Å². The van der Waals surface area contributed by atoms with Crippen molar-refractivity contribution >= 4 is 0 Å². The Labute approximate surface area is 118 Å². The molecule has 1 unspecified atom stereocenters. The summed E-state index contributed by atoms with van der Waals surface area (Å²) < 4.78 is 23.1. The summed E-state index contributed by atoms with van der Waals surface area (Å²) >= 11 is 0. The Hall–Kier alpha value is -0.980. The minimum atomic E-state index is -1.14. The van der Waals surface area contributed by atoms with Gasteiger partial charge in [0.25, 0.3) is 0 Å². The molecule has 0 aliphatic carbocycles. The fourth-order valence-corrected chi connectivity index (χ4v) is 2.72. The molecule has 0 spiro atoms. The van der Waals surface area contributed by atoms with E-state index in [9.17, 15) is 5.11 Å². The van der Waals surface area contributed by atoms with Crippen molar-refractivity contribution in [1.29, 1.82) is 0 Å². The van der Waals surface area contributed by atoms with Crippen molar-refractivity contribution in [2.75, 3.05) is 13.2 Å². The van der Waals surface area contributed by atoms with Crippen LogP contribution in [-0.4, -0.2) is 42.1 Å². The highest BCUT2D eigenvalue weighted by atomic mass is 16.8. The molecule has 20 heavy (non-hydrogen) atoms. The minimum Gasteiger partial charge on any atom is -0.391 e. The molecule has 0 saturated carbocycles. The molecule has 1 aromatic carbocycles. The summed E-state index contributed by atoms with van der Waals surface area (Å²) in [6.07, 6.45) is -0.612. The van der Waals surface area contributed by atoms with Crippen LogP contribution in [0.2, 0.25) is 0 Å². The van der Waals surface area contributed by atoms with Gasteiger partial charge >= 0.3 is 0 Å². The lowest BCUT2D eigenvalue weighted by molar-refractivity contribution is -0.295. The Morgan fingerprint density at radius 1 is 1.25 bits per heavy atom. The number of benzene rings is 1. The summed E-state index contributed by atoms with van der Waals surface area (Å²) in [6.45, 7) is 4.16. The van der Waals surface area contributed by atoms with Gasteiger partial charge in [-0.25, -0.2) is 0 Å². The van der Waals surface area contributed by atoms with Crippen LogP contribution in [0.1, 0.15) is 19.4 Å². The molecule has 110 valence electrons. The van der Waals surface area contributed by atoms with Gasteiger partial charge in [0.05, 0.1) is 13.2 Å². The van der Waals surface area contributed by atoms with E-state index in [2.05, 4.69) is 0 Å². The molecule has 2 aliphatic rings. The molecule has 2 heterocycles. The van der Waals surface area contributed by atoms with Crippen LogP contribution in [-0.2, 0) is 25.6 Å². The van der Waals surface area contributed by atoms with Gasteiger partial charge in [-0.05, 0) is 19.4 Å². The van der Waals surface area contributed by atoms with Gasteiger partial charge in [-0.1, -0.05) is 30.3 Å². The maximum absolute atomic E-state index is 9.73. The number of aliphatic hydroxyl groups is 1. The number of hydrogen-bond acceptors (Lipinski definition) is 5. The van der Waals surface area contributed by atoms with Gasteiger partial charge in [0.2, 0.25) is 5.79 Å². The van der Waals surface area contributed by atoms with Gasteiger partial charge in [0.1, 0.15) is 18.8 Å². The Bertz CT molecular complexity index is 461. The standard InChI is InChI=1S/C15H20O5/c1-14(2)19-12-9-18-15(10-16,13(12)20-14)17-8-11-6-4-3-5-7-11/h3-7,12-13,16H,8-10H2,1-2H3/t12-,13?,15+/m0/s1. The molecule has 1 aromatic rings. The highest BCUT2D eigenvalue weighted by Gasteiger charge is 2.59. The number of rotatable bonds is 4. The fourth-order valence-electron chi connectivity index (χ4n) is 2.72. The Kier molecular flexibility index (Phi) is 3.56. The van der Waals surface area contributed by atoms with E-state index in [-0.39, 0.29) is 12.7 Å². The lowest BCUT2D eigenvalue weighted by Gasteiger charge is -2.32. The molecular formula is C15H20O5. The molecule has 2 aliphatic heterocycles. The second-order valence-corrected chi connectivity index (χ2v) is 5.65. The van der Waals surface area contributed by atoms with Gasteiger partial charge < -0.3 is 24.1 Å². The molecule has 2 fully saturated rings. The van der Waals surface area contributed by atoms with Crippen LogP contribution < -0.4 is 0 Å². The first kappa shape index (κ1) is 14.0. The average Bonchev–Trinajstić information content (AvgIpc) is 2.92. The van der Waals surface area contributed by atoms with Crippen LogP contribution in [0.5, 0.6) is 0 Å². The molecule has 0 amide bonds. The van der Waals surface area contributed by atoms with Crippen molar-refractivity contribution in [3.8, 4) is 0 Å². The molecule has 3 atom stereocenters. The van der Waals surface area contributed by atoms with E-state index in [4.69, 9.17) is 18.9 Å². The Morgan fingerprint density at radius 2 is 2.00 bits per heavy atom. The molecule has 1 N–H and O–H groups in total. The van der Waals surface area contributed by atoms with Crippen molar-refractivity contribution in [2.45, 2.75) is 44.2 Å². The Morgan fingerprint density at radius 3 is 2.70 bits per heavy atom. The first-order valence-electron chi connectivity index (χ1n) is 6.83. The average molecular weight is 280 g/mol. The zero-order valence-electron chi connectivity index (χ0n) is 11.7. The number of ether oxygens (including phenoxy) is 4. The molecule has 0 radical (unpaired) electrons. The topological polar surface area (TPSA) is 57.2 Å². The largest absolute Gasteiger partial charge is 0.391 e. The van der Waals surface area contributed by atoms with E-state index in [1.807, 2.05) is 44.2 Å². The summed E-state index contributed by atoms with van der Waals surface area (Å²) in [5, 5.41) is 9.73. The van der Waals surface area contributed by atoms with Gasteiger partial charge in [-0.15, -0.1) is 0 Å². The fraction of sp³-hybridized carbons (Fsp3) is 0.600. The molecule has 3 rings (SSSR count). The summed E-state index contributed by atoms with van der Waals surface area (Å²) in [6, 6.07) is 9.77. The van der Waals surface area contributed by atoms with E-state index in [0.717, 1.165) is 5.56 Å². The quantitative estimate of drug-likeness (QED) is 0.904. The lowest BCUT2D eigenvalue weighted by atomic mass is 10.1. The van der Waals surface area contributed by atoms with Gasteiger partial charge in [0, 0.05) is 0 Å². The van der Waals surface area contributed by atoms with Crippen molar-refractivity contribution in [1.82, 2.24) is 0 Å². The second-order valence-electron chi connectivity index (χ2n) is 5.65. The molecule has 5 heteroatoms. The monoisotopic (exact) mass is 280 g/mol. The van der Waals surface area contributed by atoms with Crippen LogP contribution >= 0.6 is 0 Å². The normalized spacial score (nSPS) is 35.1. The van der Waals surface area contributed by atoms with Crippen molar-refractivity contribution in [3.63, 3.8) is 0 Å². The van der Waals surface area contributed by atoms with Crippen LogP contribution in [0, 0.1) is 0 Å². The molecule has 0 aromatic heterocycles. The third-order valence-corrected chi connectivity index (χ3v) is 3.66. The van der Waals surface area contributed by atoms with E-state index in [0.29, 0.717) is 13.2 Å². The van der Waals surface area contributed by atoms with E-state index < -0.39 is 17.7 Å². The summed E-state index contributed by atoms with van der Waals surface area (Å²) in [7, 11) is 0. The predicted molar refractivity (Wildman–Crippen MR) is 70.8 cm³/mol. The first-order valence-corrected chi connectivity index (χ1v) is 6.83. The van der Waals surface area contributed by atoms with Gasteiger partial charge in [0.15, 0.2) is 5.79 Å². The zero-order chi connectivity index (χ0) is 14.2. The molecular weight excluding hydrogens is 260 g/mol. The number of fused-ring (bicyclic) bond motifs is 1. The van der Waals surface area contributed by atoms with Crippen molar-refractivity contribution in [3.05, 3.63) is 35.9 Å². The highest BCUT2D eigenvalue weighted by molar-refractivity contribution is 5.13. The molecule has 2 saturated heterocycles. The lowest BCUT2D eigenvalue weighted by Crippen LogP contribution is -2.48. The first-order chi connectivity index (χ1) is 9.55.